The average molecular weight is 187 g/mol. The Morgan fingerprint density at radius 1 is 1.75 bits per heavy atom. The van der Waals surface area contributed by atoms with E-state index in [1.807, 2.05) is 0 Å². The third-order valence-electron chi connectivity index (χ3n) is 1.99. The van der Waals surface area contributed by atoms with E-state index in [0.717, 1.165) is 5.75 Å². The summed E-state index contributed by atoms with van der Waals surface area (Å²) in [6.45, 7) is 1.36. The fourth-order valence-corrected chi connectivity index (χ4v) is 2.73. The van der Waals surface area contributed by atoms with E-state index in [-0.39, 0.29) is 23.5 Å². The lowest BCUT2D eigenvalue weighted by atomic mass is 10.2. The Bertz CT molecular complexity index is 243. The van der Waals surface area contributed by atoms with E-state index in [9.17, 15) is 9.59 Å². The molecule has 0 aromatic carbocycles. The van der Waals surface area contributed by atoms with Gasteiger partial charge in [0, 0.05) is 6.92 Å². The van der Waals surface area contributed by atoms with Crippen LogP contribution in [0.25, 0.3) is 0 Å². The van der Waals surface area contributed by atoms with Gasteiger partial charge in [0.15, 0.2) is 6.23 Å². The van der Waals surface area contributed by atoms with Crippen LogP contribution >= 0.6 is 11.8 Å². The molecule has 2 unspecified atom stereocenters. The molecular weight excluding hydrogens is 178 g/mol. The molecule has 0 saturated carbocycles. The van der Waals surface area contributed by atoms with Crippen molar-refractivity contribution in [1.82, 2.24) is 4.90 Å². The fourth-order valence-electron chi connectivity index (χ4n) is 1.44. The summed E-state index contributed by atoms with van der Waals surface area (Å²) in [4.78, 5) is 23.3. The number of carbonyl (C=O) groups excluding carboxylic acids is 2. The van der Waals surface area contributed by atoms with Gasteiger partial charge in [-0.15, -0.1) is 11.8 Å². The maximum Gasteiger partial charge on any atom is 0.304 e. The SMILES string of the molecule is CC(=O)OC1CSC2CC(=O)N12. The van der Waals surface area contributed by atoms with Crippen LogP contribution in [0.1, 0.15) is 13.3 Å². The van der Waals surface area contributed by atoms with E-state index in [2.05, 4.69) is 0 Å². The van der Waals surface area contributed by atoms with Crippen LogP contribution < -0.4 is 0 Å². The van der Waals surface area contributed by atoms with Gasteiger partial charge in [-0.05, 0) is 0 Å². The molecule has 0 radical (unpaired) electrons. The normalized spacial score (nSPS) is 32.8. The molecule has 0 aromatic heterocycles. The third-order valence-corrected chi connectivity index (χ3v) is 3.25. The standard InChI is InChI=1S/C7H9NO3S/c1-4(9)11-6-3-12-7-2-5(10)8(6)7/h6-7H,2-3H2,1H3. The predicted molar refractivity (Wildman–Crippen MR) is 43.3 cm³/mol. The van der Waals surface area contributed by atoms with Crippen molar-refractivity contribution in [2.45, 2.75) is 24.9 Å². The van der Waals surface area contributed by atoms with Crippen LogP contribution in [0.15, 0.2) is 0 Å². The summed E-state index contributed by atoms with van der Waals surface area (Å²) >= 11 is 1.67. The molecule has 0 aliphatic carbocycles. The molecule has 5 heteroatoms. The highest BCUT2D eigenvalue weighted by Gasteiger charge is 2.47. The molecule has 0 bridgehead atoms. The maximum absolute atomic E-state index is 11.0. The van der Waals surface area contributed by atoms with E-state index in [1.54, 1.807) is 16.7 Å². The lowest BCUT2D eigenvalue weighted by molar-refractivity contribution is -0.167. The Labute approximate surface area is 74.2 Å². The Hall–Kier alpha value is -0.710. The van der Waals surface area contributed by atoms with Gasteiger partial charge >= 0.3 is 5.97 Å². The van der Waals surface area contributed by atoms with Crippen molar-refractivity contribution < 1.29 is 14.3 Å². The smallest absolute Gasteiger partial charge is 0.304 e. The van der Waals surface area contributed by atoms with Gasteiger partial charge in [0.2, 0.25) is 5.91 Å². The van der Waals surface area contributed by atoms with Gasteiger partial charge in [0.05, 0.1) is 17.5 Å². The zero-order valence-electron chi connectivity index (χ0n) is 6.65. The van der Waals surface area contributed by atoms with E-state index in [1.165, 1.54) is 6.92 Å². The third kappa shape index (κ3) is 1.08. The van der Waals surface area contributed by atoms with Gasteiger partial charge in [0.1, 0.15) is 0 Å². The number of esters is 1. The second-order valence-electron chi connectivity index (χ2n) is 2.86. The van der Waals surface area contributed by atoms with Crippen LogP contribution in [0.3, 0.4) is 0 Å². The zero-order chi connectivity index (χ0) is 8.72. The van der Waals surface area contributed by atoms with Gasteiger partial charge in [0.25, 0.3) is 0 Å². The van der Waals surface area contributed by atoms with Crippen LogP contribution in [0.4, 0.5) is 0 Å². The first kappa shape index (κ1) is 7.91. The van der Waals surface area contributed by atoms with Crippen molar-refractivity contribution in [2.75, 3.05) is 5.75 Å². The average Bonchev–Trinajstić information content (AvgIpc) is 2.24. The Morgan fingerprint density at radius 3 is 3.08 bits per heavy atom. The van der Waals surface area contributed by atoms with Crippen molar-refractivity contribution in [3.8, 4) is 0 Å². The topological polar surface area (TPSA) is 46.6 Å². The number of β-lactam (4-membered cyclic amide) rings is 1. The molecule has 4 nitrogen and oxygen atoms in total. The van der Waals surface area contributed by atoms with Gasteiger partial charge in [-0.1, -0.05) is 0 Å². The highest BCUT2D eigenvalue weighted by molar-refractivity contribution is 8.00. The molecule has 1 amide bonds. The quantitative estimate of drug-likeness (QED) is 0.434. The first-order chi connectivity index (χ1) is 5.68. The molecule has 2 aliphatic rings. The minimum atomic E-state index is -0.319. The number of ether oxygens (including phenoxy) is 1. The van der Waals surface area contributed by atoms with Gasteiger partial charge in [-0.2, -0.15) is 0 Å². The highest BCUT2D eigenvalue weighted by Crippen LogP contribution is 2.39. The predicted octanol–water partition coefficient (Wildman–Crippen LogP) is 0.181. The molecule has 0 N–H and O–H groups in total. The van der Waals surface area contributed by atoms with E-state index < -0.39 is 0 Å². The van der Waals surface area contributed by atoms with Crippen LogP contribution in [0.5, 0.6) is 0 Å². The summed E-state index contributed by atoms with van der Waals surface area (Å²) in [7, 11) is 0. The van der Waals surface area contributed by atoms with Gasteiger partial charge in [-0.3, -0.25) is 14.5 Å². The van der Waals surface area contributed by atoms with Crippen LogP contribution in [-0.2, 0) is 14.3 Å². The summed E-state index contributed by atoms with van der Waals surface area (Å²) in [5.41, 5.74) is 0. The monoisotopic (exact) mass is 187 g/mol. The Kier molecular flexibility index (Phi) is 1.75. The molecule has 66 valence electrons. The van der Waals surface area contributed by atoms with E-state index in [0.29, 0.717) is 6.42 Å². The largest absolute Gasteiger partial charge is 0.441 e. The van der Waals surface area contributed by atoms with E-state index >= 15 is 0 Å². The number of thioether (sulfide) groups is 1. The summed E-state index contributed by atoms with van der Waals surface area (Å²) in [5, 5.41) is 0.266. The Balaban J connectivity index is 1.99. The number of amides is 1. The molecular formula is C7H9NO3S. The molecule has 2 aliphatic heterocycles. The second kappa shape index (κ2) is 2.65. The molecule has 0 aromatic rings. The molecule has 12 heavy (non-hydrogen) atoms. The minimum Gasteiger partial charge on any atom is -0.441 e. The number of nitrogens with zero attached hydrogens (tertiary/aromatic N) is 1. The van der Waals surface area contributed by atoms with Crippen LogP contribution in [0, 0.1) is 0 Å². The highest BCUT2D eigenvalue weighted by atomic mass is 32.2. The molecule has 2 rings (SSSR count). The molecule has 2 atom stereocenters. The summed E-state index contributed by atoms with van der Waals surface area (Å²) < 4.78 is 4.96. The van der Waals surface area contributed by atoms with Crippen LogP contribution in [0.2, 0.25) is 0 Å². The van der Waals surface area contributed by atoms with E-state index in [4.69, 9.17) is 4.74 Å². The number of hydrogen-bond donors (Lipinski definition) is 0. The zero-order valence-corrected chi connectivity index (χ0v) is 7.47. The molecule has 2 saturated heterocycles. The summed E-state index contributed by atoms with van der Waals surface area (Å²) in [5.74, 6) is 0.493. The Morgan fingerprint density at radius 2 is 2.50 bits per heavy atom. The number of carbonyl (C=O) groups is 2. The minimum absolute atomic E-state index is 0.0938. The van der Waals surface area contributed by atoms with Crippen molar-refractivity contribution >= 4 is 23.6 Å². The summed E-state index contributed by atoms with van der Waals surface area (Å²) in [6, 6.07) is 0. The van der Waals surface area contributed by atoms with Crippen molar-refractivity contribution in [1.29, 1.82) is 0 Å². The molecule has 2 heterocycles. The number of fused-ring (bicyclic) bond motifs is 1. The maximum atomic E-state index is 11.0. The van der Waals surface area contributed by atoms with Crippen molar-refractivity contribution in [3.05, 3.63) is 0 Å². The lowest BCUT2D eigenvalue weighted by Gasteiger charge is -2.36. The van der Waals surface area contributed by atoms with Gasteiger partial charge in [-0.25, -0.2) is 0 Å². The summed E-state index contributed by atoms with van der Waals surface area (Å²) in [6.07, 6.45) is 0.293. The molecule has 2 fully saturated rings. The fraction of sp³-hybridized carbons (Fsp3) is 0.714. The number of rotatable bonds is 1. The second-order valence-corrected chi connectivity index (χ2v) is 4.07. The van der Waals surface area contributed by atoms with Gasteiger partial charge < -0.3 is 4.74 Å². The van der Waals surface area contributed by atoms with Crippen molar-refractivity contribution in [2.24, 2.45) is 0 Å². The van der Waals surface area contributed by atoms with Crippen LogP contribution in [-0.4, -0.2) is 34.1 Å². The lowest BCUT2D eigenvalue weighted by Crippen LogP contribution is -2.52. The first-order valence-corrected chi connectivity index (χ1v) is 4.83. The number of hydrogen-bond acceptors (Lipinski definition) is 4. The van der Waals surface area contributed by atoms with Crippen molar-refractivity contribution in [3.63, 3.8) is 0 Å². The first-order valence-electron chi connectivity index (χ1n) is 3.78. The molecule has 0 spiro atoms.